The van der Waals surface area contributed by atoms with Crippen LogP contribution in [0.25, 0.3) is 0 Å². The highest BCUT2D eigenvalue weighted by molar-refractivity contribution is 5.97. The van der Waals surface area contributed by atoms with Crippen molar-refractivity contribution >= 4 is 5.91 Å². The van der Waals surface area contributed by atoms with Crippen LogP contribution in [0.4, 0.5) is 0 Å². The quantitative estimate of drug-likeness (QED) is 0.675. The van der Waals surface area contributed by atoms with Gasteiger partial charge in [0.05, 0.1) is 6.04 Å². The van der Waals surface area contributed by atoms with E-state index in [1.54, 1.807) is 0 Å². The molecule has 2 atom stereocenters. The van der Waals surface area contributed by atoms with Gasteiger partial charge in [0.15, 0.2) is 0 Å². The molecule has 78 valence electrons. The lowest BCUT2D eigenvalue weighted by molar-refractivity contribution is 0.0706. The van der Waals surface area contributed by atoms with Crippen LogP contribution < -0.4 is 5.32 Å². The molecule has 2 unspecified atom stereocenters. The molecule has 1 saturated heterocycles. The molecule has 3 rings (SSSR count). The van der Waals surface area contributed by atoms with E-state index in [1.807, 2.05) is 30.1 Å². The van der Waals surface area contributed by atoms with Gasteiger partial charge in [0, 0.05) is 31.6 Å². The Kier molecular flexibility index (Phi) is 1.83. The Morgan fingerprint density at radius 2 is 2.13 bits per heavy atom. The number of likely N-dealkylation sites (N-methyl/N-ethyl adjacent to an activating group) is 1. The average molecular weight is 202 g/mol. The SMILES string of the molecule is CN1C(=O)c2ccccc2C2CNCC21. The standard InChI is InChI=1S/C12H14N2O/c1-14-11-7-13-6-10(11)8-4-2-3-5-9(8)12(14)15/h2-5,10-11,13H,6-7H2,1H3. The third kappa shape index (κ3) is 1.13. The Morgan fingerprint density at radius 3 is 3.00 bits per heavy atom. The van der Waals surface area contributed by atoms with Gasteiger partial charge in [-0.15, -0.1) is 0 Å². The second kappa shape index (κ2) is 3.07. The van der Waals surface area contributed by atoms with Gasteiger partial charge in [0.25, 0.3) is 5.91 Å². The van der Waals surface area contributed by atoms with Gasteiger partial charge >= 0.3 is 0 Å². The maximum absolute atomic E-state index is 12.1. The lowest BCUT2D eigenvalue weighted by atomic mass is 9.85. The largest absolute Gasteiger partial charge is 0.337 e. The van der Waals surface area contributed by atoms with E-state index in [0.717, 1.165) is 18.7 Å². The average Bonchev–Trinajstić information content (AvgIpc) is 2.75. The molecular weight excluding hydrogens is 188 g/mol. The van der Waals surface area contributed by atoms with Crippen molar-refractivity contribution in [2.75, 3.05) is 20.1 Å². The van der Waals surface area contributed by atoms with Crippen LogP contribution in [0.1, 0.15) is 21.8 Å². The summed E-state index contributed by atoms with van der Waals surface area (Å²) in [6.45, 7) is 1.90. The molecule has 0 aliphatic carbocycles. The number of amides is 1. The van der Waals surface area contributed by atoms with Gasteiger partial charge in [0.1, 0.15) is 0 Å². The van der Waals surface area contributed by atoms with Crippen LogP contribution in [0.5, 0.6) is 0 Å². The minimum atomic E-state index is 0.163. The number of hydrogen-bond donors (Lipinski definition) is 1. The lowest BCUT2D eigenvalue weighted by Gasteiger charge is -2.35. The molecule has 1 aromatic rings. The van der Waals surface area contributed by atoms with Gasteiger partial charge in [-0.05, 0) is 11.6 Å². The van der Waals surface area contributed by atoms with Crippen LogP contribution in [-0.4, -0.2) is 37.0 Å². The van der Waals surface area contributed by atoms with E-state index >= 15 is 0 Å². The fourth-order valence-corrected chi connectivity index (χ4v) is 2.74. The first-order valence-electron chi connectivity index (χ1n) is 5.36. The van der Waals surface area contributed by atoms with E-state index in [2.05, 4.69) is 11.4 Å². The van der Waals surface area contributed by atoms with Crippen molar-refractivity contribution in [2.24, 2.45) is 0 Å². The summed E-state index contributed by atoms with van der Waals surface area (Å²) in [4.78, 5) is 13.9. The molecule has 0 aromatic heterocycles. The molecule has 0 radical (unpaired) electrons. The van der Waals surface area contributed by atoms with Gasteiger partial charge in [-0.1, -0.05) is 18.2 Å². The van der Waals surface area contributed by atoms with Crippen molar-refractivity contribution in [3.63, 3.8) is 0 Å². The molecule has 1 fully saturated rings. The molecule has 1 aromatic carbocycles. The summed E-state index contributed by atoms with van der Waals surface area (Å²) in [6, 6.07) is 8.32. The minimum Gasteiger partial charge on any atom is -0.337 e. The van der Waals surface area contributed by atoms with Crippen LogP contribution in [0.3, 0.4) is 0 Å². The number of rotatable bonds is 0. The van der Waals surface area contributed by atoms with Crippen LogP contribution in [0.2, 0.25) is 0 Å². The predicted octanol–water partition coefficient (Wildman–Crippen LogP) is 0.828. The first-order valence-corrected chi connectivity index (χ1v) is 5.36. The molecule has 0 bridgehead atoms. The van der Waals surface area contributed by atoms with Gasteiger partial charge in [-0.2, -0.15) is 0 Å². The number of carbonyl (C=O) groups is 1. The number of fused-ring (bicyclic) bond motifs is 3. The van der Waals surface area contributed by atoms with Crippen molar-refractivity contribution in [1.82, 2.24) is 10.2 Å². The summed E-state index contributed by atoms with van der Waals surface area (Å²) < 4.78 is 0. The van der Waals surface area contributed by atoms with Gasteiger partial charge in [0.2, 0.25) is 0 Å². The second-order valence-corrected chi connectivity index (χ2v) is 4.34. The third-order valence-electron chi connectivity index (χ3n) is 3.59. The van der Waals surface area contributed by atoms with E-state index in [1.165, 1.54) is 5.56 Å². The first kappa shape index (κ1) is 8.92. The maximum atomic E-state index is 12.1. The van der Waals surface area contributed by atoms with Crippen LogP contribution in [0, 0.1) is 0 Å². The molecule has 3 nitrogen and oxygen atoms in total. The van der Waals surface area contributed by atoms with Gasteiger partial charge in [-0.3, -0.25) is 4.79 Å². The first-order chi connectivity index (χ1) is 7.29. The number of nitrogens with one attached hydrogen (secondary N) is 1. The van der Waals surface area contributed by atoms with Crippen molar-refractivity contribution in [2.45, 2.75) is 12.0 Å². The topological polar surface area (TPSA) is 32.3 Å². The highest BCUT2D eigenvalue weighted by Gasteiger charge is 2.40. The molecular formula is C12H14N2O. The summed E-state index contributed by atoms with van der Waals surface area (Å²) in [5.74, 6) is 0.638. The highest BCUT2D eigenvalue weighted by Crippen LogP contribution is 2.34. The zero-order valence-corrected chi connectivity index (χ0v) is 8.73. The smallest absolute Gasteiger partial charge is 0.254 e. The third-order valence-corrected chi connectivity index (χ3v) is 3.59. The van der Waals surface area contributed by atoms with E-state index < -0.39 is 0 Å². The molecule has 2 heterocycles. The van der Waals surface area contributed by atoms with Gasteiger partial charge in [-0.25, -0.2) is 0 Å². The van der Waals surface area contributed by atoms with E-state index in [4.69, 9.17) is 0 Å². The van der Waals surface area contributed by atoms with E-state index in [9.17, 15) is 4.79 Å². The molecule has 15 heavy (non-hydrogen) atoms. The predicted molar refractivity (Wildman–Crippen MR) is 57.9 cm³/mol. The molecule has 0 spiro atoms. The van der Waals surface area contributed by atoms with Crippen LogP contribution in [-0.2, 0) is 0 Å². The highest BCUT2D eigenvalue weighted by atomic mass is 16.2. The van der Waals surface area contributed by atoms with Crippen molar-refractivity contribution in [3.05, 3.63) is 35.4 Å². The summed E-state index contributed by atoms with van der Waals surface area (Å²) in [5, 5.41) is 3.36. The second-order valence-electron chi connectivity index (χ2n) is 4.34. The molecule has 0 saturated carbocycles. The monoisotopic (exact) mass is 202 g/mol. The Morgan fingerprint density at radius 1 is 1.33 bits per heavy atom. The summed E-state index contributed by atoms with van der Waals surface area (Å²) in [6.07, 6.45) is 0. The summed E-state index contributed by atoms with van der Waals surface area (Å²) in [5.41, 5.74) is 2.10. The molecule has 3 heteroatoms. The van der Waals surface area contributed by atoms with E-state index in [0.29, 0.717) is 12.0 Å². The maximum Gasteiger partial charge on any atom is 0.254 e. The fraction of sp³-hybridized carbons (Fsp3) is 0.417. The Labute approximate surface area is 89.1 Å². The summed E-state index contributed by atoms with van der Waals surface area (Å²) >= 11 is 0. The van der Waals surface area contributed by atoms with Gasteiger partial charge < -0.3 is 10.2 Å². The Bertz CT molecular complexity index is 416. The summed E-state index contributed by atoms with van der Waals surface area (Å²) in [7, 11) is 1.91. The number of hydrogen-bond acceptors (Lipinski definition) is 2. The zero-order valence-electron chi connectivity index (χ0n) is 8.73. The number of carbonyl (C=O) groups excluding carboxylic acids is 1. The number of benzene rings is 1. The lowest BCUT2D eigenvalue weighted by Crippen LogP contribution is -2.45. The molecule has 2 aliphatic rings. The number of nitrogens with zero attached hydrogens (tertiary/aromatic N) is 1. The van der Waals surface area contributed by atoms with Crippen LogP contribution >= 0.6 is 0 Å². The van der Waals surface area contributed by atoms with Crippen LogP contribution in [0.15, 0.2) is 24.3 Å². The molecule has 1 N–H and O–H groups in total. The zero-order chi connectivity index (χ0) is 10.4. The van der Waals surface area contributed by atoms with Crippen molar-refractivity contribution < 1.29 is 4.79 Å². The normalized spacial score (nSPS) is 28.9. The fourth-order valence-electron chi connectivity index (χ4n) is 2.74. The molecule has 2 aliphatic heterocycles. The Balaban J connectivity index is 2.16. The van der Waals surface area contributed by atoms with E-state index in [-0.39, 0.29) is 5.91 Å². The molecule has 1 amide bonds. The Hall–Kier alpha value is -1.35. The van der Waals surface area contributed by atoms with Crippen molar-refractivity contribution in [1.29, 1.82) is 0 Å². The minimum absolute atomic E-state index is 0.163. The van der Waals surface area contributed by atoms with Crippen molar-refractivity contribution in [3.8, 4) is 0 Å².